The summed E-state index contributed by atoms with van der Waals surface area (Å²) in [6.07, 6.45) is -3.15. The Kier molecular flexibility index (Phi) is 4.88. The maximum Gasteiger partial charge on any atom is 0.416 e. The van der Waals surface area contributed by atoms with Crippen LogP contribution in [0.5, 0.6) is 0 Å². The summed E-state index contributed by atoms with van der Waals surface area (Å²) in [6.45, 7) is 1.03. The monoisotopic (exact) mass is 301 g/mol. The summed E-state index contributed by atoms with van der Waals surface area (Å²) in [5, 5.41) is 0. The third kappa shape index (κ3) is 3.97. The van der Waals surface area contributed by atoms with Crippen LogP contribution in [0.15, 0.2) is 24.3 Å². The number of ether oxygens (including phenoxy) is 1. The van der Waals surface area contributed by atoms with Gasteiger partial charge < -0.3 is 9.64 Å². The molecule has 1 aromatic carbocycles. The summed E-state index contributed by atoms with van der Waals surface area (Å²) in [7, 11) is 1.55. The van der Waals surface area contributed by atoms with Crippen LogP contribution in [-0.2, 0) is 22.3 Å². The normalized spacial score (nSPS) is 16.8. The lowest BCUT2D eigenvalue weighted by molar-refractivity contribution is -0.141. The first-order valence-electron chi connectivity index (χ1n) is 6.87. The molecular weight excluding hydrogens is 283 g/mol. The maximum absolute atomic E-state index is 12.9. The molecule has 1 aliphatic rings. The van der Waals surface area contributed by atoms with E-state index in [1.807, 2.05) is 0 Å². The van der Waals surface area contributed by atoms with Crippen molar-refractivity contribution in [2.24, 2.45) is 5.92 Å². The maximum atomic E-state index is 12.9. The minimum absolute atomic E-state index is 0.0358. The molecule has 0 unspecified atom stereocenters. The van der Waals surface area contributed by atoms with Crippen LogP contribution >= 0.6 is 0 Å². The number of amides is 1. The Balaban J connectivity index is 2.09. The Morgan fingerprint density at radius 2 is 1.90 bits per heavy atom. The highest BCUT2D eigenvalue weighted by Crippen LogP contribution is 2.32. The molecule has 3 nitrogen and oxygen atoms in total. The summed E-state index contributed by atoms with van der Waals surface area (Å²) in [4.78, 5) is 13.6. The largest absolute Gasteiger partial charge is 0.416 e. The van der Waals surface area contributed by atoms with E-state index in [2.05, 4.69) is 0 Å². The summed E-state index contributed by atoms with van der Waals surface area (Å²) >= 11 is 0. The number of benzene rings is 1. The average molecular weight is 301 g/mol. The van der Waals surface area contributed by atoms with Crippen molar-refractivity contribution in [2.75, 3.05) is 20.3 Å². The van der Waals surface area contributed by atoms with Crippen LogP contribution in [0.25, 0.3) is 0 Å². The van der Waals surface area contributed by atoms with E-state index in [-0.39, 0.29) is 23.9 Å². The molecule has 21 heavy (non-hydrogen) atoms. The van der Waals surface area contributed by atoms with Crippen molar-refractivity contribution in [1.29, 1.82) is 0 Å². The number of rotatable bonds is 3. The minimum Gasteiger partial charge on any atom is -0.381 e. The van der Waals surface area contributed by atoms with Crippen molar-refractivity contribution in [2.45, 2.75) is 25.6 Å². The molecule has 0 atom stereocenters. The predicted molar refractivity (Wildman–Crippen MR) is 71.5 cm³/mol. The molecule has 1 aromatic rings. The zero-order valence-corrected chi connectivity index (χ0v) is 11.8. The molecular formula is C15H18F3NO2. The smallest absolute Gasteiger partial charge is 0.381 e. The number of alkyl halides is 3. The molecule has 0 bridgehead atoms. The molecule has 116 valence electrons. The number of hydrogen-bond acceptors (Lipinski definition) is 2. The summed E-state index contributed by atoms with van der Waals surface area (Å²) in [5.74, 6) is -0.267. The van der Waals surface area contributed by atoms with Crippen LogP contribution < -0.4 is 0 Å². The molecule has 0 N–H and O–H groups in total. The van der Waals surface area contributed by atoms with E-state index in [0.29, 0.717) is 26.1 Å². The third-order valence-corrected chi connectivity index (χ3v) is 3.68. The van der Waals surface area contributed by atoms with E-state index >= 15 is 0 Å². The lowest BCUT2D eigenvalue weighted by atomic mass is 9.98. The van der Waals surface area contributed by atoms with Crippen molar-refractivity contribution < 1.29 is 22.7 Å². The van der Waals surface area contributed by atoms with Crippen LogP contribution in [0.4, 0.5) is 13.2 Å². The molecule has 6 heteroatoms. The second-order valence-electron chi connectivity index (χ2n) is 5.24. The van der Waals surface area contributed by atoms with Gasteiger partial charge in [-0.2, -0.15) is 13.2 Å². The summed E-state index contributed by atoms with van der Waals surface area (Å²) in [6, 6.07) is 5.36. The van der Waals surface area contributed by atoms with Gasteiger partial charge in [0, 0.05) is 32.7 Å². The topological polar surface area (TPSA) is 29.5 Å². The van der Waals surface area contributed by atoms with Gasteiger partial charge in [0.2, 0.25) is 5.91 Å². The number of carbonyl (C=O) groups excluding carboxylic acids is 1. The van der Waals surface area contributed by atoms with E-state index in [4.69, 9.17) is 4.74 Å². The van der Waals surface area contributed by atoms with Gasteiger partial charge in [0.1, 0.15) is 0 Å². The standard InChI is InChI=1S/C15H18F3NO2/c1-19(14(20)11-6-8-21-9-7-11)10-12-4-2-3-5-13(12)15(16,17)18/h2-5,11H,6-10H2,1H3. The van der Waals surface area contributed by atoms with E-state index in [1.165, 1.54) is 17.0 Å². The summed E-state index contributed by atoms with van der Waals surface area (Å²) in [5.41, 5.74) is -0.565. The second-order valence-corrected chi connectivity index (χ2v) is 5.24. The van der Waals surface area contributed by atoms with E-state index in [9.17, 15) is 18.0 Å². The van der Waals surface area contributed by atoms with Crippen molar-refractivity contribution in [1.82, 2.24) is 4.90 Å². The molecule has 1 heterocycles. The lowest BCUT2D eigenvalue weighted by Crippen LogP contribution is -2.35. The average Bonchev–Trinajstić information content (AvgIpc) is 2.47. The highest BCUT2D eigenvalue weighted by Gasteiger charge is 2.33. The van der Waals surface area contributed by atoms with Gasteiger partial charge in [0.05, 0.1) is 5.56 Å². The highest BCUT2D eigenvalue weighted by atomic mass is 19.4. The molecule has 0 radical (unpaired) electrons. The number of hydrogen-bond donors (Lipinski definition) is 0. The molecule has 1 fully saturated rings. The predicted octanol–water partition coefficient (Wildman–Crippen LogP) is 3.09. The van der Waals surface area contributed by atoms with E-state index in [1.54, 1.807) is 13.1 Å². The van der Waals surface area contributed by atoms with E-state index < -0.39 is 11.7 Å². The zero-order chi connectivity index (χ0) is 15.5. The Morgan fingerprint density at radius 1 is 1.29 bits per heavy atom. The Labute approximate surface area is 121 Å². The first kappa shape index (κ1) is 15.8. The fourth-order valence-electron chi connectivity index (χ4n) is 2.52. The van der Waals surface area contributed by atoms with Gasteiger partial charge >= 0.3 is 6.18 Å². The number of carbonyl (C=O) groups is 1. The first-order chi connectivity index (χ1) is 9.89. The summed E-state index contributed by atoms with van der Waals surface area (Å²) < 4.78 is 44.0. The zero-order valence-electron chi connectivity index (χ0n) is 11.8. The van der Waals surface area contributed by atoms with Crippen LogP contribution in [0.1, 0.15) is 24.0 Å². The van der Waals surface area contributed by atoms with Crippen LogP contribution in [-0.4, -0.2) is 31.1 Å². The fraction of sp³-hybridized carbons (Fsp3) is 0.533. The molecule has 0 aromatic heterocycles. The van der Waals surface area contributed by atoms with E-state index in [0.717, 1.165) is 6.07 Å². The van der Waals surface area contributed by atoms with Crippen LogP contribution in [0, 0.1) is 5.92 Å². The fourth-order valence-corrected chi connectivity index (χ4v) is 2.52. The molecule has 1 saturated heterocycles. The van der Waals surface area contributed by atoms with Crippen molar-refractivity contribution in [3.8, 4) is 0 Å². The highest BCUT2D eigenvalue weighted by molar-refractivity contribution is 5.78. The minimum atomic E-state index is -4.40. The lowest BCUT2D eigenvalue weighted by Gasteiger charge is -2.27. The first-order valence-corrected chi connectivity index (χ1v) is 6.87. The molecule has 0 saturated carbocycles. The van der Waals surface area contributed by atoms with Gasteiger partial charge in [0.25, 0.3) is 0 Å². The van der Waals surface area contributed by atoms with Gasteiger partial charge in [-0.15, -0.1) is 0 Å². The molecule has 1 aliphatic heterocycles. The van der Waals surface area contributed by atoms with Gasteiger partial charge in [-0.05, 0) is 24.5 Å². The van der Waals surface area contributed by atoms with Gasteiger partial charge in [-0.1, -0.05) is 18.2 Å². The van der Waals surface area contributed by atoms with Crippen molar-refractivity contribution >= 4 is 5.91 Å². The second kappa shape index (κ2) is 6.47. The van der Waals surface area contributed by atoms with Crippen LogP contribution in [0.3, 0.4) is 0 Å². The quantitative estimate of drug-likeness (QED) is 0.858. The Hall–Kier alpha value is -1.56. The Bertz CT molecular complexity index is 496. The van der Waals surface area contributed by atoms with Crippen molar-refractivity contribution in [3.05, 3.63) is 35.4 Å². The Morgan fingerprint density at radius 3 is 2.52 bits per heavy atom. The van der Waals surface area contributed by atoms with Gasteiger partial charge in [-0.25, -0.2) is 0 Å². The molecule has 0 aliphatic carbocycles. The van der Waals surface area contributed by atoms with Crippen LogP contribution in [0.2, 0.25) is 0 Å². The number of nitrogens with zero attached hydrogens (tertiary/aromatic N) is 1. The molecule has 0 spiro atoms. The third-order valence-electron chi connectivity index (χ3n) is 3.68. The SMILES string of the molecule is CN(Cc1ccccc1C(F)(F)F)C(=O)C1CCOCC1. The van der Waals surface area contributed by atoms with Gasteiger partial charge in [-0.3, -0.25) is 4.79 Å². The van der Waals surface area contributed by atoms with Crippen molar-refractivity contribution in [3.63, 3.8) is 0 Å². The van der Waals surface area contributed by atoms with Gasteiger partial charge in [0.15, 0.2) is 0 Å². The molecule has 1 amide bonds. The number of halogens is 3. The molecule has 2 rings (SSSR count).